The summed E-state index contributed by atoms with van der Waals surface area (Å²) in [6.07, 6.45) is 0. The molecule has 2 aromatic carbocycles. The van der Waals surface area contributed by atoms with Gasteiger partial charge < -0.3 is 15.8 Å². The molecule has 7 heteroatoms. The molecule has 0 atom stereocenters. The molecule has 21 heavy (non-hydrogen) atoms. The van der Waals surface area contributed by atoms with Crippen LogP contribution in [0.15, 0.2) is 46.9 Å². The van der Waals surface area contributed by atoms with Crippen molar-refractivity contribution in [1.82, 2.24) is 0 Å². The second-order valence-corrected chi connectivity index (χ2v) is 5.35. The largest absolute Gasteiger partial charge is 0.433 e. The molecule has 0 heterocycles. The quantitative estimate of drug-likeness (QED) is 0.762. The van der Waals surface area contributed by atoms with Crippen molar-refractivity contribution in [1.29, 1.82) is 0 Å². The van der Waals surface area contributed by atoms with E-state index in [0.29, 0.717) is 21.4 Å². The van der Waals surface area contributed by atoms with Crippen LogP contribution >= 0.6 is 28.1 Å². The van der Waals surface area contributed by atoms with E-state index in [2.05, 4.69) is 26.0 Å². The maximum atomic E-state index is 12.4. The summed E-state index contributed by atoms with van der Waals surface area (Å²) in [6, 6.07) is 11.7. The van der Waals surface area contributed by atoms with Crippen LogP contribution in [0.3, 0.4) is 0 Å². The topological polar surface area (TPSA) is 47.3 Å². The molecular formula is C14H11BrF2N2OS. The van der Waals surface area contributed by atoms with Crippen LogP contribution in [0, 0.1) is 0 Å². The number of alkyl halides is 2. The molecule has 0 bridgehead atoms. The SMILES string of the molecule is NC(=S)c1ccc(Nc2ccccc2OC(F)F)cc1Br. The van der Waals surface area contributed by atoms with Crippen molar-refractivity contribution in [3.63, 3.8) is 0 Å². The molecule has 0 aliphatic carbocycles. The number of hydrogen-bond acceptors (Lipinski definition) is 3. The Balaban J connectivity index is 2.26. The molecule has 0 aliphatic heterocycles. The molecule has 0 radical (unpaired) electrons. The standard InChI is InChI=1S/C14H11BrF2N2OS/c15-10-7-8(5-6-9(10)13(18)21)19-11-3-1-2-4-12(11)20-14(16)17/h1-7,14,19H,(H2,18,21). The van der Waals surface area contributed by atoms with Gasteiger partial charge in [-0.1, -0.05) is 24.4 Å². The lowest BCUT2D eigenvalue weighted by molar-refractivity contribution is -0.0493. The molecule has 2 aromatic rings. The summed E-state index contributed by atoms with van der Waals surface area (Å²) in [5.41, 5.74) is 7.40. The summed E-state index contributed by atoms with van der Waals surface area (Å²) in [4.78, 5) is 0.273. The average molecular weight is 373 g/mol. The van der Waals surface area contributed by atoms with Gasteiger partial charge in [0, 0.05) is 15.7 Å². The zero-order valence-electron chi connectivity index (χ0n) is 10.6. The first-order chi connectivity index (χ1) is 9.97. The Kier molecular flexibility index (Phi) is 5.08. The van der Waals surface area contributed by atoms with Gasteiger partial charge in [-0.15, -0.1) is 0 Å². The average Bonchev–Trinajstić information content (AvgIpc) is 2.40. The lowest BCUT2D eigenvalue weighted by Gasteiger charge is -2.13. The number of nitrogens with two attached hydrogens (primary N) is 1. The Morgan fingerprint density at radius 1 is 1.24 bits per heavy atom. The second kappa shape index (κ2) is 6.82. The van der Waals surface area contributed by atoms with E-state index in [-0.39, 0.29) is 10.7 Å². The third kappa shape index (κ3) is 4.12. The number of hydrogen-bond donors (Lipinski definition) is 2. The minimum Gasteiger partial charge on any atom is -0.433 e. The Labute approximate surface area is 134 Å². The van der Waals surface area contributed by atoms with E-state index in [1.54, 1.807) is 36.4 Å². The Bertz CT molecular complexity index is 667. The van der Waals surface area contributed by atoms with Crippen LogP contribution in [-0.2, 0) is 0 Å². The van der Waals surface area contributed by atoms with Crippen molar-refractivity contribution >= 4 is 44.5 Å². The number of thiocarbonyl (C=S) groups is 1. The fraction of sp³-hybridized carbons (Fsp3) is 0.0714. The molecular weight excluding hydrogens is 362 g/mol. The molecule has 2 rings (SSSR count). The van der Waals surface area contributed by atoms with Crippen LogP contribution in [0.5, 0.6) is 5.75 Å². The third-order valence-electron chi connectivity index (χ3n) is 2.62. The fourth-order valence-electron chi connectivity index (χ4n) is 1.72. The summed E-state index contributed by atoms with van der Waals surface area (Å²) in [5.74, 6) is 0.0713. The molecule has 0 aromatic heterocycles. The first-order valence-corrected chi connectivity index (χ1v) is 7.07. The minimum atomic E-state index is -2.88. The molecule has 0 fully saturated rings. The molecule has 0 unspecified atom stereocenters. The van der Waals surface area contributed by atoms with E-state index in [1.165, 1.54) is 6.07 Å². The summed E-state index contributed by atoms with van der Waals surface area (Å²) in [6.45, 7) is -2.88. The molecule has 0 aliphatic rings. The fourth-order valence-corrected chi connectivity index (χ4v) is 2.62. The van der Waals surface area contributed by atoms with Gasteiger partial charge in [-0.25, -0.2) is 0 Å². The van der Waals surface area contributed by atoms with Gasteiger partial charge in [0.1, 0.15) is 10.7 Å². The summed E-state index contributed by atoms with van der Waals surface area (Å²) in [5, 5.41) is 3.01. The predicted molar refractivity (Wildman–Crippen MR) is 86.4 cm³/mol. The summed E-state index contributed by atoms with van der Waals surface area (Å²) < 4.78 is 29.9. The van der Waals surface area contributed by atoms with Crippen molar-refractivity contribution in [3.05, 3.63) is 52.5 Å². The Morgan fingerprint density at radius 3 is 2.57 bits per heavy atom. The number of benzene rings is 2. The van der Waals surface area contributed by atoms with Crippen LogP contribution in [0.25, 0.3) is 0 Å². The van der Waals surface area contributed by atoms with Crippen molar-refractivity contribution in [2.24, 2.45) is 5.73 Å². The van der Waals surface area contributed by atoms with Crippen LogP contribution in [-0.4, -0.2) is 11.6 Å². The molecule has 3 nitrogen and oxygen atoms in total. The first kappa shape index (κ1) is 15.7. The molecule has 3 N–H and O–H groups in total. The maximum absolute atomic E-state index is 12.4. The smallest absolute Gasteiger partial charge is 0.387 e. The highest BCUT2D eigenvalue weighted by Crippen LogP contribution is 2.30. The third-order valence-corrected chi connectivity index (χ3v) is 3.49. The van der Waals surface area contributed by atoms with Gasteiger partial charge in [-0.3, -0.25) is 0 Å². The van der Waals surface area contributed by atoms with Crippen molar-refractivity contribution < 1.29 is 13.5 Å². The summed E-state index contributed by atoms with van der Waals surface area (Å²) >= 11 is 8.28. The van der Waals surface area contributed by atoms with E-state index in [9.17, 15) is 8.78 Å². The number of rotatable bonds is 5. The van der Waals surface area contributed by atoms with Gasteiger partial charge in [0.2, 0.25) is 0 Å². The molecule has 0 amide bonds. The van der Waals surface area contributed by atoms with Crippen LogP contribution in [0.2, 0.25) is 0 Å². The van der Waals surface area contributed by atoms with Gasteiger partial charge in [0.05, 0.1) is 5.69 Å². The highest BCUT2D eigenvalue weighted by molar-refractivity contribution is 9.10. The van der Waals surface area contributed by atoms with Crippen LogP contribution in [0.4, 0.5) is 20.2 Å². The number of ether oxygens (including phenoxy) is 1. The summed E-state index contributed by atoms with van der Waals surface area (Å²) in [7, 11) is 0. The highest BCUT2D eigenvalue weighted by Gasteiger charge is 2.10. The van der Waals surface area contributed by atoms with Gasteiger partial charge in [0.25, 0.3) is 0 Å². The highest BCUT2D eigenvalue weighted by atomic mass is 79.9. The zero-order chi connectivity index (χ0) is 15.4. The zero-order valence-corrected chi connectivity index (χ0v) is 13.0. The van der Waals surface area contributed by atoms with Crippen LogP contribution in [0.1, 0.15) is 5.56 Å². The first-order valence-electron chi connectivity index (χ1n) is 5.87. The number of anilines is 2. The van der Waals surface area contributed by atoms with E-state index in [4.69, 9.17) is 18.0 Å². The van der Waals surface area contributed by atoms with E-state index in [1.807, 2.05) is 0 Å². The monoisotopic (exact) mass is 372 g/mol. The molecule has 0 spiro atoms. The minimum absolute atomic E-state index is 0.0713. The van der Waals surface area contributed by atoms with E-state index >= 15 is 0 Å². The van der Waals surface area contributed by atoms with Gasteiger partial charge >= 0.3 is 6.61 Å². The maximum Gasteiger partial charge on any atom is 0.387 e. The van der Waals surface area contributed by atoms with Crippen molar-refractivity contribution in [2.45, 2.75) is 6.61 Å². The molecule has 0 saturated carbocycles. The van der Waals surface area contributed by atoms with Gasteiger partial charge in [-0.05, 0) is 46.3 Å². The number of nitrogens with one attached hydrogen (secondary N) is 1. The van der Waals surface area contributed by atoms with Gasteiger partial charge in [-0.2, -0.15) is 8.78 Å². The predicted octanol–water partition coefficient (Wildman–Crippen LogP) is 4.43. The Hall–Kier alpha value is -1.73. The van der Waals surface area contributed by atoms with Gasteiger partial charge in [0.15, 0.2) is 0 Å². The van der Waals surface area contributed by atoms with E-state index < -0.39 is 6.61 Å². The lowest BCUT2D eigenvalue weighted by atomic mass is 10.2. The lowest BCUT2D eigenvalue weighted by Crippen LogP contribution is -2.10. The van der Waals surface area contributed by atoms with Crippen molar-refractivity contribution in [3.8, 4) is 5.75 Å². The Morgan fingerprint density at radius 2 is 1.95 bits per heavy atom. The molecule has 0 saturated heterocycles. The molecule has 110 valence electrons. The number of para-hydroxylation sites is 2. The van der Waals surface area contributed by atoms with Crippen LogP contribution < -0.4 is 15.8 Å². The van der Waals surface area contributed by atoms with Crippen molar-refractivity contribution in [2.75, 3.05) is 5.32 Å². The van der Waals surface area contributed by atoms with E-state index in [0.717, 1.165) is 0 Å². The second-order valence-electron chi connectivity index (χ2n) is 4.06. The normalized spacial score (nSPS) is 10.5. The number of halogens is 3.